The van der Waals surface area contributed by atoms with Crippen LogP contribution in [-0.4, -0.2) is 0 Å². The third-order valence-corrected chi connectivity index (χ3v) is 6.47. The Labute approximate surface area is 254 Å². The standard InChI is InChI=1S/C38H24O/c1-2-10-25(11-3-1)26-18-20-27(21-19-26)37-30-13-4-6-15-32(30)38(33-16-7-5-14-31(33)37)28-22-23-36-34(24-28)29-12-8-9-17-35(29)39-36/h1-24H/i1D,2D,3D,4D,5D,6D,7D,8D,9D,10D,11D,12D,13D,14D,15D,16D,17D,22D,23D,24D. The highest BCUT2D eigenvalue weighted by molar-refractivity contribution is 6.22. The maximum Gasteiger partial charge on any atom is 0.135 e. The van der Waals surface area contributed by atoms with Crippen molar-refractivity contribution in [2.75, 3.05) is 0 Å². The van der Waals surface area contributed by atoms with E-state index in [1.807, 2.05) is 0 Å². The average molecular weight is 517 g/mol. The van der Waals surface area contributed by atoms with Crippen LogP contribution < -0.4 is 0 Å². The maximum absolute atomic E-state index is 9.53. The zero-order valence-electron chi connectivity index (χ0n) is 39.7. The second-order valence-electron chi connectivity index (χ2n) is 8.59. The van der Waals surface area contributed by atoms with Gasteiger partial charge in [0.15, 0.2) is 0 Å². The Morgan fingerprint density at radius 2 is 0.846 bits per heavy atom. The zero-order chi connectivity index (χ0) is 43.2. The highest BCUT2D eigenvalue weighted by Gasteiger charge is 2.17. The molecule has 0 aliphatic carbocycles. The second kappa shape index (κ2) is 8.72. The van der Waals surface area contributed by atoms with Crippen LogP contribution in [0.5, 0.6) is 0 Å². The van der Waals surface area contributed by atoms with Crippen molar-refractivity contribution in [2.24, 2.45) is 0 Å². The normalized spacial score (nSPS) is 18.8. The average Bonchev–Trinajstić information content (AvgIpc) is 3.63. The van der Waals surface area contributed by atoms with Gasteiger partial charge in [0.1, 0.15) is 11.2 Å². The maximum atomic E-state index is 9.53. The summed E-state index contributed by atoms with van der Waals surface area (Å²) in [4.78, 5) is 0. The molecular weight excluding hydrogens is 472 g/mol. The monoisotopic (exact) mass is 516 g/mol. The number of rotatable bonds is 3. The van der Waals surface area contributed by atoms with Gasteiger partial charge in [-0.15, -0.1) is 0 Å². The molecule has 0 radical (unpaired) electrons. The molecule has 0 N–H and O–H groups in total. The molecule has 1 nitrogen and oxygen atoms in total. The summed E-state index contributed by atoms with van der Waals surface area (Å²) in [5.41, 5.74) is -1.81. The fraction of sp³-hybridized carbons (Fsp3) is 0. The van der Waals surface area contributed by atoms with Gasteiger partial charge >= 0.3 is 0 Å². The molecule has 8 rings (SSSR count). The van der Waals surface area contributed by atoms with E-state index in [2.05, 4.69) is 0 Å². The molecule has 0 bridgehead atoms. The van der Waals surface area contributed by atoms with Crippen molar-refractivity contribution in [1.29, 1.82) is 0 Å². The smallest absolute Gasteiger partial charge is 0.135 e. The molecule has 7 aromatic carbocycles. The predicted octanol–water partition coefficient (Wildman–Crippen LogP) is 10.9. The number of furan rings is 1. The van der Waals surface area contributed by atoms with Crippen LogP contribution in [0.2, 0.25) is 0 Å². The van der Waals surface area contributed by atoms with Gasteiger partial charge in [-0.1, -0.05) is 127 Å². The van der Waals surface area contributed by atoms with Crippen molar-refractivity contribution in [2.45, 2.75) is 0 Å². The lowest BCUT2D eigenvalue weighted by Gasteiger charge is -2.18. The Kier molecular flexibility index (Phi) is 2.21. The van der Waals surface area contributed by atoms with Crippen molar-refractivity contribution in [3.8, 4) is 33.4 Å². The van der Waals surface area contributed by atoms with Crippen LogP contribution in [-0.2, 0) is 0 Å². The number of hydrogen-bond acceptors (Lipinski definition) is 1. The van der Waals surface area contributed by atoms with E-state index in [0.29, 0.717) is 0 Å². The third kappa shape index (κ3) is 3.48. The molecule has 8 aromatic rings. The molecule has 0 saturated heterocycles. The van der Waals surface area contributed by atoms with Crippen molar-refractivity contribution in [3.05, 3.63) is 145 Å². The Morgan fingerprint density at radius 1 is 0.359 bits per heavy atom. The van der Waals surface area contributed by atoms with E-state index in [1.54, 1.807) is 0 Å². The SMILES string of the molecule is [2H]c1c([2H])c([2H])c(-c2ccc(-c3c4c([2H])c([2H])c([2H])c([2H])c4c(-c4c([2H])c([2H])c5oc6c([2H])c([2H])c([2H])c([2H])c6c5c4[2H])c4c([2H])c([2H])c([2H])c([2H])c34)cc2)c([2H])c1[2H]. The third-order valence-electron chi connectivity index (χ3n) is 6.47. The Bertz CT molecular complexity index is 3150. The highest BCUT2D eigenvalue weighted by atomic mass is 16.3. The van der Waals surface area contributed by atoms with Crippen LogP contribution >= 0.6 is 0 Å². The first-order valence-electron chi connectivity index (χ1n) is 21.7. The summed E-state index contributed by atoms with van der Waals surface area (Å²) in [6.07, 6.45) is 0. The fourth-order valence-electron chi connectivity index (χ4n) is 4.79. The molecule has 0 spiro atoms. The number of hydrogen-bond donors (Lipinski definition) is 0. The lowest BCUT2D eigenvalue weighted by atomic mass is 9.85. The van der Waals surface area contributed by atoms with E-state index in [0.717, 1.165) is 0 Å². The molecule has 0 amide bonds. The van der Waals surface area contributed by atoms with Gasteiger partial charge in [-0.2, -0.15) is 0 Å². The molecule has 0 unspecified atom stereocenters. The van der Waals surface area contributed by atoms with E-state index >= 15 is 0 Å². The number of para-hydroxylation sites is 1. The predicted molar refractivity (Wildman–Crippen MR) is 165 cm³/mol. The second-order valence-corrected chi connectivity index (χ2v) is 8.59. The van der Waals surface area contributed by atoms with E-state index in [1.165, 1.54) is 24.3 Å². The van der Waals surface area contributed by atoms with Crippen molar-refractivity contribution < 1.29 is 31.8 Å². The molecule has 0 aliphatic heterocycles. The Hall–Kier alpha value is -5.14. The van der Waals surface area contributed by atoms with E-state index in [9.17, 15) is 8.22 Å². The first kappa shape index (κ1) is 9.87. The van der Waals surface area contributed by atoms with Crippen LogP contribution in [0.25, 0.3) is 76.9 Å². The molecule has 1 heteroatoms. The highest BCUT2D eigenvalue weighted by Crippen LogP contribution is 2.44. The molecule has 39 heavy (non-hydrogen) atoms. The molecular formula is C38H24O. The van der Waals surface area contributed by atoms with Gasteiger partial charge in [-0.05, 0) is 73.1 Å². The van der Waals surface area contributed by atoms with E-state index < -0.39 is 154 Å². The lowest BCUT2D eigenvalue weighted by Crippen LogP contribution is -1.91. The number of fused-ring (bicyclic) bond motifs is 5. The van der Waals surface area contributed by atoms with Crippen LogP contribution in [0.1, 0.15) is 27.4 Å². The molecule has 0 atom stereocenters. The summed E-state index contributed by atoms with van der Waals surface area (Å²) in [7, 11) is 0. The van der Waals surface area contributed by atoms with Crippen LogP contribution in [0.3, 0.4) is 0 Å². The molecule has 1 aromatic heterocycles. The first-order chi connectivity index (χ1) is 27.7. The molecule has 0 aliphatic rings. The summed E-state index contributed by atoms with van der Waals surface area (Å²) in [5, 5.41) is -2.04. The van der Waals surface area contributed by atoms with Gasteiger partial charge in [0.05, 0.1) is 27.4 Å². The molecule has 0 saturated carbocycles. The van der Waals surface area contributed by atoms with Crippen LogP contribution in [0.4, 0.5) is 0 Å². The van der Waals surface area contributed by atoms with Gasteiger partial charge in [0.25, 0.3) is 0 Å². The minimum absolute atomic E-state index is 0.114. The number of benzene rings is 7. The minimum Gasteiger partial charge on any atom is -0.456 e. The van der Waals surface area contributed by atoms with Gasteiger partial charge in [0, 0.05) is 10.8 Å². The largest absolute Gasteiger partial charge is 0.456 e. The summed E-state index contributed by atoms with van der Waals surface area (Å²) >= 11 is 0. The van der Waals surface area contributed by atoms with Gasteiger partial charge < -0.3 is 4.42 Å². The van der Waals surface area contributed by atoms with Crippen LogP contribution in [0, 0.1) is 0 Å². The topological polar surface area (TPSA) is 13.1 Å². The first-order valence-corrected chi connectivity index (χ1v) is 11.7. The van der Waals surface area contributed by atoms with Gasteiger partial charge in [-0.3, -0.25) is 0 Å². The molecule has 0 fully saturated rings. The van der Waals surface area contributed by atoms with Crippen LogP contribution in [0.15, 0.2) is 150 Å². The van der Waals surface area contributed by atoms with Gasteiger partial charge in [0.2, 0.25) is 0 Å². The quantitative estimate of drug-likeness (QED) is 0.213. The summed E-state index contributed by atoms with van der Waals surface area (Å²) in [6.45, 7) is 0. The minimum atomic E-state index is -0.778. The molecule has 182 valence electrons. The van der Waals surface area contributed by atoms with E-state index in [-0.39, 0.29) is 43.8 Å². The van der Waals surface area contributed by atoms with Crippen molar-refractivity contribution in [3.63, 3.8) is 0 Å². The van der Waals surface area contributed by atoms with Gasteiger partial charge in [-0.25, -0.2) is 0 Å². The van der Waals surface area contributed by atoms with Crippen molar-refractivity contribution >= 4 is 43.5 Å². The zero-order valence-corrected chi connectivity index (χ0v) is 19.7. The summed E-state index contributed by atoms with van der Waals surface area (Å²) < 4.78 is 180. The Morgan fingerprint density at radius 3 is 1.49 bits per heavy atom. The summed E-state index contributed by atoms with van der Waals surface area (Å²) in [5.74, 6) is 0. The Balaban J connectivity index is 1.61. The fourth-order valence-corrected chi connectivity index (χ4v) is 4.79. The van der Waals surface area contributed by atoms with Crippen molar-refractivity contribution in [1.82, 2.24) is 0 Å². The molecule has 1 heterocycles. The lowest BCUT2D eigenvalue weighted by molar-refractivity contribution is 0.669. The van der Waals surface area contributed by atoms with E-state index in [4.69, 9.17) is 23.6 Å². The summed E-state index contributed by atoms with van der Waals surface area (Å²) in [6, 6.07) is -7.75.